The first-order valence-corrected chi connectivity index (χ1v) is 7.91. The van der Waals surface area contributed by atoms with Crippen molar-refractivity contribution < 1.29 is 4.74 Å². The van der Waals surface area contributed by atoms with Gasteiger partial charge in [0.1, 0.15) is 0 Å². The van der Waals surface area contributed by atoms with Crippen molar-refractivity contribution >= 4 is 0 Å². The SMILES string of the molecule is Cc1cc(C)cc(C(N)COC2CCC(C)C(C)C2)c1. The third-order valence-electron chi connectivity index (χ3n) is 4.73. The number of benzene rings is 1. The van der Waals surface area contributed by atoms with Crippen LogP contribution in [0.1, 0.15) is 55.8 Å². The molecule has 4 unspecified atom stereocenters. The van der Waals surface area contributed by atoms with Gasteiger partial charge in [0.25, 0.3) is 0 Å². The number of rotatable bonds is 4. The molecule has 0 bridgehead atoms. The topological polar surface area (TPSA) is 35.2 Å². The Hall–Kier alpha value is -0.860. The predicted octanol–water partition coefficient (Wildman–Crippen LogP) is 4.14. The normalized spacial score (nSPS) is 28.4. The van der Waals surface area contributed by atoms with Crippen molar-refractivity contribution in [3.05, 3.63) is 34.9 Å². The zero-order chi connectivity index (χ0) is 14.7. The zero-order valence-corrected chi connectivity index (χ0v) is 13.4. The highest BCUT2D eigenvalue weighted by atomic mass is 16.5. The Balaban J connectivity index is 1.87. The van der Waals surface area contributed by atoms with Crippen LogP contribution in [0.25, 0.3) is 0 Å². The van der Waals surface area contributed by atoms with Crippen LogP contribution < -0.4 is 5.73 Å². The van der Waals surface area contributed by atoms with E-state index in [4.69, 9.17) is 10.5 Å². The molecule has 0 saturated heterocycles. The summed E-state index contributed by atoms with van der Waals surface area (Å²) in [5.74, 6) is 1.61. The molecule has 1 aliphatic rings. The fraction of sp³-hybridized carbons (Fsp3) is 0.667. The summed E-state index contributed by atoms with van der Waals surface area (Å²) in [6.07, 6.45) is 4.05. The molecule has 0 heterocycles. The molecule has 0 amide bonds. The standard InChI is InChI=1S/C18H29NO/c1-12-7-13(2)9-16(8-12)18(19)11-20-17-6-5-14(3)15(4)10-17/h7-9,14-15,17-18H,5-6,10-11,19H2,1-4H3. The van der Waals surface area contributed by atoms with E-state index >= 15 is 0 Å². The Kier molecular flexibility index (Phi) is 5.22. The summed E-state index contributed by atoms with van der Waals surface area (Å²) in [5.41, 5.74) is 10.0. The van der Waals surface area contributed by atoms with Gasteiger partial charge in [0.2, 0.25) is 0 Å². The minimum atomic E-state index is -0.0109. The van der Waals surface area contributed by atoms with Gasteiger partial charge >= 0.3 is 0 Å². The molecule has 0 aromatic heterocycles. The third-order valence-corrected chi connectivity index (χ3v) is 4.73. The van der Waals surface area contributed by atoms with Crippen LogP contribution in [0.3, 0.4) is 0 Å². The summed E-state index contributed by atoms with van der Waals surface area (Å²) in [6, 6.07) is 6.52. The summed E-state index contributed by atoms with van der Waals surface area (Å²) < 4.78 is 6.07. The molecule has 0 spiro atoms. The molecule has 2 rings (SSSR count). The van der Waals surface area contributed by atoms with Crippen LogP contribution in [0.4, 0.5) is 0 Å². The van der Waals surface area contributed by atoms with Crippen LogP contribution in [-0.4, -0.2) is 12.7 Å². The molecule has 1 aromatic rings. The first-order chi connectivity index (χ1) is 9.45. The van der Waals surface area contributed by atoms with Gasteiger partial charge in [-0.1, -0.05) is 43.2 Å². The zero-order valence-electron chi connectivity index (χ0n) is 13.4. The maximum Gasteiger partial charge on any atom is 0.0663 e. The maximum absolute atomic E-state index is 6.29. The molecule has 20 heavy (non-hydrogen) atoms. The Labute approximate surface area is 123 Å². The first-order valence-electron chi connectivity index (χ1n) is 7.91. The van der Waals surface area contributed by atoms with Crippen molar-refractivity contribution in [2.24, 2.45) is 17.6 Å². The van der Waals surface area contributed by atoms with Gasteiger partial charge in [0, 0.05) is 0 Å². The van der Waals surface area contributed by atoms with E-state index in [1.54, 1.807) is 0 Å². The van der Waals surface area contributed by atoms with Crippen LogP contribution in [0, 0.1) is 25.7 Å². The predicted molar refractivity (Wildman–Crippen MR) is 84.8 cm³/mol. The van der Waals surface area contributed by atoms with Gasteiger partial charge in [0.15, 0.2) is 0 Å². The average Bonchev–Trinajstić information content (AvgIpc) is 2.38. The monoisotopic (exact) mass is 275 g/mol. The number of hydrogen-bond donors (Lipinski definition) is 1. The van der Waals surface area contributed by atoms with E-state index in [2.05, 4.69) is 45.9 Å². The molecule has 2 nitrogen and oxygen atoms in total. The Morgan fingerprint density at radius 3 is 2.35 bits per heavy atom. The van der Waals surface area contributed by atoms with Crippen LogP contribution in [0.15, 0.2) is 18.2 Å². The van der Waals surface area contributed by atoms with Crippen molar-refractivity contribution in [1.82, 2.24) is 0 Å². The molecular weight excluding hydrogens is 246 g/mol. The van der Waals surface area contributed by atoms with Crippen molar-refractivity contribution in [1.29, 1.82) is 0 Å². The lowest BCUT2D eigenvalue weighted by molar-refractivity contribution is -0.00363. The number of ether oxygens (including phenoxy) is 1. The van der Waals surface area contributed by atoms with E-state index < -0.39 is 0 Å². The van der Waals surface area contributed by atoms with Crippen molar-refractivity contribution in [2.75, 3.05) is 6.61 Å². The third kappa shape index (κ3) is 4.07. The summed E-state index contributed by atoms with van der Waals surface area (Å²) in [5, 5.41) is 0. The summed E-state index contributed by atoms with van der Waals surface area (Å²) in [4.78, 5) is 0. The molecule has 0 radical (unpaired) electrons. The summed E-state index contributed by atoms with van der Waals surface area (Å²) in [7, 11) is 0. The Bertz CT molecular complexity index is 423. The van der Waals surface area contributed by atoms with E-state index in [9.17, 15) is 0 Å². The maximum atomic E-state index is 6.29. The molecule has 1 fully saturated rings. The molecule has 2 heteroatoms. The molecule has 1 aliphatic carbocycles. The van der Waals surface area contributed by atoms with E-state index in [1.807, 2.05) is 0 Å². The molecular formula is C18H29NO. The Morgan fingerprint density at radius 2 is 1.75 bits per heavy atom. The molecule has 1 aromatic carbocycles. The van der Waals surface area contributed by atoms with Gasteiger partial charge in [-0.25, -0.2) is 0 Å². The van der Waals surface area contributed by atoms with Gasteiger partial charge in [-0.05, 0) is 50.5 Å². The van der Waals surface area contributed by atoms with E-state index in [-0.39, 0.29) is 6.04 Å². The fourth-order valence-electron chi connectivity index (χ4n) is 3.21. The second kappa shape index (κ2) is 6.73. The summed E-state index contributed by atoms with van der Waals surface area (Å²) >= 11 is 0. The lowest BCUT2D eigenvalue weighted by Gasteiger charge is -2.32. The highest BCUT2D eigenvalue weighted by Gasteiger charge is 2.25. The van der Waals surface area contributed by atoms with Gasteiger partial charge in [-0.2, -0.15) is 0 Å². The quantitative estimate of drug-likeness (QED) is 0.896. The molecule has 2 N–H and O–H groups in total. The van der Waals surface area contributed by atoms with Crippen molar-refractivity contribution in [3.8, 4) is 0 Å². The van der Waals surface area contributed by atoms with Crippen molar-refractivity contribution in [2.45, 2.75) is 59.1 Å². The average molecular weight is 275 g/mol. The van der Waals surface area contributed by atoms with E-state index in [1.165, 1.54) is 36.0 Å². The minimum absolute atomic E-state index is 0.0109. The van der Waals surface area contributed by atoms with E-state index in [0.717, 1.165) is 11.8 Å². The number of aryl methyl sites for hydroxylation is 2. The summed E-state index contributed by atoms with van der Waals surface area (Å²) in [6.45, 7) is 9.56. The molecule has 4 atom stereocenters. The van der Waals surface area contributed by atoms with Crippen molar-refractivity contribution in [3.63, 3.8) is 0 Å². The van der Waals surface area contributed by atoms with Crippen LogP contribution in [0.5, 0.6) is 0 Å². The highest BCUT2D eigenvalue weighted by Crippen LogP contribution is 2.31. The molecule has 0 aliphatic heterocycles. The molecule has 1 saturated carbocycles. The largest absolute Gasteiger partial charge is 0.376 e. The van der Waals surface area contributed by atoms with Crippen LogP contribution >= 0.6 is 0 Å². The Morgan fingerprint density at radius 1 is 1.10 bits per heavy atom. The lowest BCUT2D eigenvalue weighted by atomic mass is 9.80. The minimum Gasteiger partial charge on any atom is -0.376 e. The van der Waals surface area contributed by atoms with Gasteiger partial charge in [-0.3, -0.25) is 0 Å². The smallest absolute Gasteiger partial charge is 0.0663 e. The highest BCUT2D eigenvalue weighted by molar-refractivity contribution is 5.30. The van der Waals surface area contributed by atoms with Gasteiger partial charge in [0.05, 0.1) is 18.8 Å². The van der Waals surface area contributed by atoms with Crippen LogP contribution in [0.2, 0.25) is 0 Å². The first kappa shape index (κ1) is 15.5. The molecule has 112 valence electrons. The number of hydrogen-bond acceptors (Lipinski definition) is 2. The van der Waals surface area contributed by atoms with Crippen LogP contribution in [-0.2, 0) is 4.74 Å². The number of nitrogens with two attached hydrogens (primary N) is 1. The van der Waals surface area contributed by atoms with Gasteiger partial charge < -0.3 is 10.5 Å². The van der Waals surface area contributed by atoms with E-state index in [0.29, 0.717) is 12.7 Å². The second-order valence-corrected chi connectivity index (χ2v) is 6.75. The fourth-order valence-corrected chi connectivity index (χ4v) is 3.21. The second-order valence-electron chi connectivity index (χ2n) is 6.75. The van der Waals surface area contributed by atoms with Gasteiger partial charge in [-0.15, -0.1) is 0 Å². The lowest BCUT2D eigenvalue weighted by Crippen LogP contribution is -2.29.